The number of benzene rings is 2. The molecule has 0 amide bonds. The van der Waals surface area contributed by atoms with Gasteiger partial charge in [-0.05, 0) is 67.6 Å². The Labute approximate surface area is 156 Å². The zero-order valence-electron chi connectivity index (χ0n) is 13.9. The molecule has 0 atom stereocenters. The first-order chi connectivity index (χ1) is 12.2. The molecule has 4 rings (SSSR count). The van der Waals surface area contributed by atoms with Crippen LogP contribution in [0.25, 0.3) is 10.9 Å². The molecule has 1 aliphatic rings. The zero-order chi connectivity index (χ0) is 17.4. The number of anilines is 2. The molecular weight excluding hydrogens is 355 g/mol. The monoisotopic (exact) mass is 372 g/mol. The van der Waals surface area contributed by atoms with Crippen LogP contribution in [0.5, 0.6) is 5.75 Å². The number of methoxy groups -OCH3 is 1. The van der Waals surface area contributed by atoms with E-state index >= 15 is 0 Å². The van der Waals surface area contributed by atoms with Gasteiger partial charge >= 0.3 is 0 Å². The average Bonchev–Trinajstić information content (AvgIpc) is 2.62. The van der Waals surface area contributed by atoms with Crippen molar-refractivity contribution in [2.45, 2.75) is 25.7 Å². The van der Waals surface area contributed by atoms with Crippen LogP contribution in [-0.4, -0.2) is 12.1 Å². The highest BCUT2D eigenvalue weighted by Crippen LogP contribution is 2.37. The fourth-order valence-electron chi connectivity index (χ4n) is 3.43. The van der Waals surface area contributed by atoms with Gasteiger partial charge in [0.1, 0.15) is 5.75 Å². The molecule has 0 radical (unpaired) electrons. The van der Waals surface area contributed by atoms with Crippen molar-refractivity contribution in [1.29, 1.82) is 0 Å². The average molecular weight is 373 g/mol. The maximum absolute atomic E-state index is 6.28. The summed E-state index contributed by atoms with van der Waals surface area (Å²) in [5.74, 6) is 0.664. The lowest BCUT2D eigenvalue weighted by Gasteiger charge is -2.22. The van der Waals surface area contributed by atoms with E-state index in [2.05, 4.69) is 5.32 Å². The Morgan fingerprint density at radius 3 is 2.68 bits per heavy atom. The van der Waals surface area contributed by atoms with Gasteiger partial charge in [0.15, 0.2) is 0 Å². The highest BCUT2D eigenvalue weighted by atomic mass is 35.5. The Morgan fingerprint density at radius 2 is 1.88 bits per heavy atom. The molecule has 0 bridgehead atoms. The predicted molar refractivity (Wildman–Crippen MR) is 105 cm³/mol. The molecule has 0 saturated heterocycles. The van der Waals surface area contributed by atoms with Crippen molar-refractivity contribution in [3.63, 3.8) is 0 Å². The van der Waals surface area contributed by atoms with Crippen molar-refractivity contribution in [3.8, 4) is 5.75 Å². The molecule has 2 aromatic carbocycles. The summed E-state index contributed by atoms with van der Waals surface area (Å²) in [7, 11) is 1.61. The largest absolute Gasteiger partial charge is 0.495 e. The SMILES string of the molecule is COc1ccc(Nc2c3c(nc4ccc(Cl)cc24)CCCC3)cc1Cl. The number of nitrogens with one attached hydrogen (secondary N) is 1. The molecule has 25 heavy (non-hydrogen) atoms. The van der Waals surface area contributed by atoms with Crippen LogP contribution in [0.15, 0.2) is 36.4 Å². The molecule has 3 nitrogen and oxygen atoms in total. The van der Waals surface area contributed by atoms with Crippen LogP contribution in [0.3, 0.4) is 0 Å². The third-order valence-electron chi connectivity index (χ3n) is 4.64. The zero-order valence-corrected chi connectivity index (χ0v) is 15.4. The van der Waals surface area contributed by atoms with Gasteiger partial charge in [0.25, 0.3) is 0 Å². The standard InChI is InChI=1S/C20H18Cl2N2O/c1-25-19-9-7-13(11-16(19)22)23-20-14-4-2-3-5-17(14)24-18-8-6-12(21)10-15(18)20/h6-11H,2-5H2,1H3,(H,23,24). The fraction of sp³-hybridized carbons (Fsp3) is 0.250. The van der Waals surface area contributed by atoms with Crippen molar-refractivity contribution >= 4 is 45.5 Å². The van der Waals surface area contributed by atoms with Crippen molar-refractivity contribution in [2.75, 3.05) is 12.4 Å². The highest BCUT2D eigenvalue weighted by Gasteiger charge is 2.19. The summed E-state index contributed by atoms with van der Waals surface area (Å²) >= 11 is 12.5. The van der Waals surface area contributed by atoms with Gasteiger partial charge in [-0.1, -0.05) is 23.2 Å². The van der Waals surface area contributed by atoms with Crippen LogP contribution in [-0.2, 0) is 12.8 Å². The quantitative estimate of drug-likeness (QED) is 0.596. The minimum atomic E-state index is 0.581. The van der Waals surface area contributed by atoms with E-state index in [4.69, 9.17) is 32.9 Å². The normalized spacial score (nSPS) is 13.6. The van der Waals surface area contributed by atoms with Gasteiger partial charge in [-0.2, -0.15) is 0 Å². The molecule has 1 N–H and O–H groups in total. The Morgan fingerprint density at radius 1 is 1.04 bits per heavy atom. The fourth-order valence-corrected chi connectivity index (χ4v) is 3.86. The Bertz CT molecular complexity index is 956. The number of pyridine rings is 1. The lowest BCUT2D eigenvalue weighted by Crippen LogP contribution is -2.09. The van der Waals surface area contributed by atoms with Crippen molar-refractivity contribution in [1.82, 2.24) is 4.98 Å². The molecule has 0 spiro atoms. The van der Waals surface area contributed by atoms with Gasteiger partial charge in [0.2, 0.25) is 0 Å². The maximum atomic E-state index is 6.28. The van der Waals surface area contributed by atoms with Crippen LogP contribution in [0.4, 0.5) is 11.4 Å². The molecule has 0 aliphatic heterocycles. The summed E-state index contributed by atoms with van der Waals surface area (Å²) < 4.78 is 5.24. The number of aryl methyl sites for hydroxylation is 1. The van der Waals surface area contributed by atoms with Crippen LogP contribution >= 0.6 is 23.2 Å². The lowest BCUT2D eigenvalue weighted by atomic mass is 9.92. The minimum Gasteiger partial charge on any atom is -0.495 e. The number of halogens is 2. The Hall–Kier alpha value is -1.97. The first-order valence-electron chi connectivity index (χ1n) is 8.37. The van der Waals surface area contributed by atoms with Crippen LogP contribution in [0.1, 0.15) is 24.1 Å². The van der Waals surface area contributed by atoms with E-state index in [1.807, 2.05) is 36.4 Å². The molecule has 0 fully saturated rings. The van der Waals surface area contributed by atoms with E-state index < -0.39 is 0 Å². The topological polar surface area (TPSA) is 34.1 Å². The highest BCUT2D eigenvalue weighted by molar-refractivity contribution is 6.32. The number of hydrogen-bond donors (Lipinski definition) is 1. The number of fused-ring (bicyclic) bond motifs is 2. The molecule has 1 aliphatic carbocycles. The summed E-state index contributed by atoms with van der Waals surface area (Å²) in [6.45, 7) is 0. The van der Waals surface area contributed by atoms with Crippen molar-refractivity contribution in [2.24, 2.45) is 0 Å². The number of rotatable bonds is 3. The summed E-state index contributed by atoms with van der Waals surface area (Å²) in [6.07, 6.45) is 4.41. The first kappa shape index (κ1) is 16.5. The van der Waals surface area contributed by atoms with Gasteiger partial charge in [0.05, 0.1) is 23.3 Å². The molecular formula is C20H18Cl2N2O. The lowest BCUT2D eigenvalue weighted by molar-refractivity contribution is 0.415. The van der Waals surface area contributed by atoms with E-state index in [1.54, 1.807) is 7.11 Å². The molecule has 128 valence electrons. The second-order valence-electron chi connectivity index (χ2n) is 6.25. The molecule has 5 heteroatoms. The summed E-state index contributed by atoms with van der Waals surface area (Å²) in [6, 6.07) is 11.6. The summed E-state index contributed by atoms with van der Waals surface area (Å²) in [5.41, 5.74) is 5.44. The second kappa shape index (κ2) is 6.74. The van der Waals surface area contributed by atoms with E-state index in [0.29, 0.717) is 15.8 Å². The van der Waals surface area contributed by atoms with Crippen molar-refractivity contribution in [3.05, 3.63) is 57.7 Å². The van der Waals surface area contributed by atoms with Gasteiger partial charge in [-0.15, -0.1) is 0 Å². The van der Waals surface area contributed by atoms with E-state index in [-0.39, 0.29) is 0 Å². The van der Waals surface area contributed by atoms with Crippen molar-refractivity contribution < 1.29 is 4.74 Å². The van der Waals surface area contributed by atoms with Crippen LogP contribution in [0.2, 0.25) is 10.0 Å². The molecule has 1 aromatic heterocycles. The number of aromatic nitrogens is 1. The van der Waals surface area contributed by atoms with Gasteiger partial charge in [-0.3, -0.25) is 4.98 Å². The summed E-state index contributed by atoms with van der Waals surface area (Å²) in [5, 5.41) is 5.89. The van der Waals surface area contributed by atoms with Crippen LogP contribution in [0, 0.1) is 0 Å². The number of nitrogens with zero attached hydrogens (tertiary/aromatic N) is 1. The maximum Gasteiger partial charge on any atom is 0.137 e. The van der Waals surface area contributed by atoms with Gasteiger partial charge < -0.3 is 10.1 Å². The van der Waals surface area contributed by atoms with E-state index in [9.17, 15) is 0 Å². The molecule has 0 saturated carbocycles. The third-order valence-corrected chi connectivity index (χ3v) is 5.18. The number of hydrogen-bond acceptors (Lipinski definition) is 3. The van der Waals surface area contributed by atoms with Gasteiger partial charge in [-0.25, -0.2) is 0 Å². The van der Waals surface area contributed by atoms with Crippen LogP contribution < -0.4 is 10.1 Å². The second-order valence-corrected chi connectivity index (χ2v) is 7.10. The Kier molecular flexibility index (Phi) is 4.45. The predicted octanol–water partition coefficient (Wildman–Crippen LogP) is 6.17. The smallest absolute Gasteiger partial charge is 0.137 e. The Balaban J connectivity index is 1.87. The third kappa shape index (κ3) is 3.14. The van der Waals surface area contributed by atoms with E-state index in [1.165, 1.54) is 24.1 Å². The molecule has 1 heterocycles. The molecule has 3 aromatic rings. The minimum absolute atomic E-state index is 0.581. The first-order valence-corrected chi connectivity index (χ1v) is 9.13. The number of ether oxygens (including phenoxy) is 1. The molecule has 0 unspecified atom stereocenters. The van der Waals surface area contributed by atoms with E-state index in [0.717, 1.165) is 35.1 Å². The summed E-state index contributed by atoms with van der Waals surface area (Å²) in [4.78, 5) is 4.86. The van der Waals surface area contributed by atoms with Gasteiger partial charge in [0, 0.05) is 21.8 Å².